The molecule has 0 heterocycles. The Bertz CT molecular complexity index is 108. The monoisotopic (exact) mass is 200 g/mol. The zero-order chi connectivity index (χ0) is 10.3. The van der Waals surface area contributed by atoms with E-state index in [4.69, 9.17) is 0 Å². The van der Waals surface area contributed by atoms with Crippen LogP contribution in [0.15, 0.2) is 0 Å². The summed E-state index contributed by atoms with van der Waals surface area (Å²) in [6, 6.07) is 4.47. The van der Waals surface area contributed by atoms with Gasteiger partial charge in [-0.15, -0.1) is 0 Å². The van der Waals surface area contributed by atoms with Crippen LogP contribution in [0.1, 0.15) is 53.9 Å². The zero-order valence-electron chi connectivity index (χ0n) is 10.3. The fourth-order valence-electron chi connectivity index (χ4n) is 2.61. The van der Waals surface area contributed by atoms with Gasteiger partial charge in [0, 0.05) is 0 Å². The van der Waals surface area contributed by atoms with E-state index in [1.807, 2.05) is 0 Å². The van der Waals surface area contributed by atoms with E-state index < -0.39 is 8.07 Å². The maximum absolute atomic E-state index is 2.51. The predicted molar refractivity (Wildman–Crippen MR) is 66.1 cm³/mol. The summed E-state index contributed by atoms with van der Waals surface area (Å²) in [6.45, 7) is 12.1. The van der Waals surface area contributed by atoms with Crippen LogP contribution in [0.2, 0.25) is 23.7 Å². The minimum Gasteiger partial charge on any atom is -0.0678 e. The maximum Gasteiger partial charge on any atom is 0.0556 e. The molecule has 0 aromatic heterocycles. The number of hydrogen-bond acceptors (Lipinski definition) is 0. The van der Waals surface area contributed by atoms with Crippen molar-refractivity contribution in [3.8, 4) is 0 Å². The standard InChI is InChI=1S/C12H28Si/c1-6-10-11-12(5)13(7-2,8-3)9-4/h12H,6-11H2,1-5H3. The van der Waals surface area contributed by atoms with E-state index in [1.165, 1.54) is 37.4 Å². The summed E-state index contributed by atoms with van der Waals surface area (Å²) in [5, 5.41) is 0. The van der Waals surface area contributed by atoms with Gasteiger partial charge in [-0.05, 0) is 5.54 Å². The van der Waals surface area contributed by atoms with E-state index in [-0.39, 0.29) is 0 Å². The summed E-state index contributed by atoms with van der Waals surface area (Å²) in [6.07, 6.45) is 4.29. The Morgan fingerprint density at radius 1 is 0.923 bits per heavy atom. The largest absolute Gasteiger partial charge is 0.0678 e. The molecule has 13 heavy (non-hydrogen) atoms. The molecule has 0 amide bonds. The zero-order valence-corrected chi connectivity index (χ0v) is 11.3. The van der Waals surface area contributed by atoms with Gasteiger partial charge in [0.25, 0.3) is 0 Å². The molecule has 0 spiro atoms. The van der Waals surface area contributed by atoms with Gasteiger partial charge in [-0.2, -0.15) is 0 Å². The number of rotatable bonds is 7. The first-order valence-corrected chi connectivity index (χ1v) is 8.86. The molecule has 0 saturated heterocycles. The molecule has 0 aliphatic carbocycles. The van der Waals surface area contributed by atoms with Crippen molar-refractivity contribution < 1.29 is 0 Å². The Hall–Kier alpha value is 0.217. The van der Waals surface area contributed by atoms with Crippen molar-refractivity contribution in [1.29, 1.82) is 0 Å². The fourth-order valence-corrected chi connectivity index (χ4v) is 7.02. The Balaban J connectivity index is 4.17. The molecule has 0 rings (SSSR count). The van der Waals surface area contributed by atoms with Gasteiger partial charge in [-0.25, -0.2) is 0 Å². The molecule has 1 unspecified atom stereocenters. The third kappa shape index (κ3) is 3.45. The van der Waals surface area contributed by atoms with E-state index in [1.54, 1.807) is 0 Å². The van der Waals surface area contributed by atoms with Crippen LogP contribution in [0.3, 0.4) is 0 Å². The summed E-state index contributed by atoms with van der Waals surface area (Å²) in [5.74, 6) is 0. The van der Waals surface area contributed by atoms with Crippen molar-refractivity contribution in [2.75, 3.05) is 0 Å². The highest BCUT2D eigenvalue weighted by Crippen LogP contribution is 2.36. The lowest BCUT2D eigenvalue weighted by Crippen LogP contribution is -2.36. The molecule has 0 aliphatic rings. The quantitative estimate of drug-likeness (QED) is 0.503. The highest BCUT2D eigenvalue weighted by atomic mass is 28.3. The molecule has 0 radical (unpaired) electrons. The lowest BCUT2D eigenvalue weighted by atomic mass is 10.2. The normalized spacial score (nSPS) is 14.5. The topological polar surface area (TPSA) is 0 Å². The van der Waals surface area contributed by atoms with Crippen LogP contribution in [0, 0.1) is 0 Å². The average molecular weight is 200 g/mol. The van der Waals surface area contributed by atoms with E-state index >= 15 is 0 Å². The molecule has 0 aromatic carbocycles. The second-order valence-corrected chi connectivity index (χ2v) is 10.3. The van der Waals surface area contributed by atoms with E-state index in [0.717, 1.165) is 5.54 Å². The lowest BCUT2D eigenvalue weighted by molar-refractivity contribution is 0.675. The summed E-state index contributed by atoms with van der Waals surface area (Å²) < 4.78 is 0. The van der Waals surface area contributed by atoms with Gasteiger partial charge in [-0.3, -0.25) is 0 Å². The number of hydrogen-bond donors (Lipinski definition) is 0. The second kappa shape index (κ2) is 6.64. The van der Waals surface area contributed by atoms with E-state index in [9.17, 15) is 0 Å². The molecule has 0 aromatic rings. The molecular weight excluding hydrogens is 172 g/mol. The molecule has 1 atom stereocenters. The fraction of sp³-hybridized carbons (Fsp3) is 1.00. The van der Waals surface area contributed by atoms with Crippen LogP contribution in [-0.2, 0) is 0 Å². The smallest absolute Gasteiger partial charge is 0.0556 e. The summed E-state index contributed by atoms with van der Waals surface area (Å²) in [5.41, 5.74) is 1.05. The maximum atomic E-state index is 2.51. The van der Waals surface area contributed by atoms with Crippen LogP contribution < -0.4 is 0 Å². The third-order valence-electron chi connectivity index (χ3n) is 4.15. The molecule has 0 aliphatic heterocycles. The van der Waals surface area contributed by atoms with Crippen molar-refractivity contribution in [3.63, 3.8) is 0 Å². The molecular formula is C12H28Si. The van der Waals surface area contributed by atoms with Gasteiger partial charge < -0.3 is 0 Å². The molecule has 1 heteroatoms. The van der Waals surface area contributed by atoms with Crippen LogP contribution in [0.25, 0.3) is 0 Å². The van der Waals surface area contributed by atoms with Crippen molar-refractivity contribution >= 4 is 8.07 Å². The van der Waals surface area contributed by atoms with Crippen molar-refractivity contribution in [3.05, 3.63) is 0 Å². The molecule has 0 fully saturated rings. The summed E-state index contributed by atoms with van der Waals surface area (Å²) in [4.78, 5) is 0. The molecule has 0 nitrogen and oxygen atoms in total. The first-order valence-electron chi connectivity index (χ1n) is 6.16. The van der Waals surface area contributed by atoms with Gasteiger partial charge in [0.05, 0.1) is 8.07 Å². The van der Waals surface area contributed by atoms with Gasteiger partial charge in [0.15, 0.2) is 0 Å². The summed E-state index contributed by atoms with van der Waals surface area (Å²) in [7, 11) is -0.858. The van der Waals surface area contributed by atoms with Crippen LogP contribution >= 0.6 is 0 Å². The first-order chi connectivity index (χ1) is 6.16. The van der Waals surface area contributed by atoms with Crippen molar-refractivity contribution in [2.24, 2.45) is 0 Å². The van der Waals surface area contributed by atoms with Crippen LogP contribution in [-0.4, -0.2) is 8.07 Å². The number of unbranched alkanes of at least 4 members (excludes halogenated alkanes) is 1. The molecule has 0 bridgehead atoms. The molecule has 0 N–H and O–H groups in total. The van der Waals surface area contributed by atoms with Crippen LogP contribution in [0.5, 0.6) is 0 Å². The van der Waals surface area contributed by atoms with Crippen LogP contribution in [0.4, 0.5) is 0 Å². The SMILES string of the molecule is CCCCC(C)[Si](CC)(CC)CC. The third-order valence-corrected chi connectivity index (χ3v) is 10.8. The first kappa shape index (κ1) is 13.2. The van der Waals surface area contributed by atoms with Gasteiger partial charge >= 0.3 is 0 Å². The second-order valence-electron chi connectivity index (χ2n) is 4.47. The lowest BCUT2D eigenvalue weighted by Gasteiger charge is -2.35. The molecule has 80 valence electrons. The minimum atomic E-state index is -0.858. The Kier molecular flexibility index (Phi) is 6.75. The minimum absolute atomic E-state index is 0.858. The van der Waals surface area contributed by atoms with Crippen molar-refractivity contribution in [1.82, 2.24) is 0 Å². The van der Waals surface area contributed by atoms with Gasteiger partial charge in [-0.1, -0.05) is 72.0 Å². The molecule has 0 saturated carbocycles. The Morgan fingerprint density at radius 3 is 1.69 bits per heavy atom. The average Bonchev–Trinajstić information content (AvgIpc) is 2.18. The van der Waals surface area contributed by atoms with Gasteiger partial charge in [0.1, 0.15) is 0 Å². The Morgan fingerprint density at radius 2 is 1.38 bits per heavy atom. The van der Waals surface area contributed by atoms with Crippen molar-refractivity contribution in [2.45, 2.75) is 77.6 Å². The Labute approximate surface area is 86.1 Å². The highest BCUT2D eigenvalue weighted by Gasteiger charge is 2.32. The summed E-state index contributed by atoms with van der Waals surface area (Å²) >= 11 is 0. The van der Waals surface area contributed by atoms with E-state index in [2.05, 4.69) is 34.6 Å². The van der Waals surface area contributed by atoms with E-state index in [0.29, 0.717) is 0 Å². The highest BCUT2D eigenvalue weighted by molar-refractivity contribution is 6.80. The van der Waals surface area contributed by atoms with Gasteiger partial charge in [0.2, 0.25) is 0 Å². The predicted octanol–water partition coefficient (Wildman–Crippen LogP) is 5.08.